The summed E-state index contributed by atoms with van der Waals surface area (Å²) in [6.45, 7) is 1.37. The van der Waals surface area contributed by atoms with E-state index in [0.29, 0.717) is 12.8 Å². The summed E-state index contributed by atoms with van der Waals surface area (Å²) < 4.78 is 13.0. The van der Waals surface area contributed by atoms with Crippen molar-refractivity contribution >= 4 is 23.5 Å². The minimum Gasteiger partial charge on any atom is -0.481 e. The molecule has 0 aliphatic heterocycles. The van der Waals surface area contributed by atoms with Crippen LogP contribution in [-0.4, -0.2) is 23.0 Å². The quantitative estimate of drug-likeness (QED) is 0.844. The van der Waals surface area contributed by atoms with Crippen LogP contribution in [0.1, 0.15) is 25.3 Å². The van der Waals surface area contributed by atoms with Crippen molar-refractivity contribution in [3.8, 4) is 0 Å². The highest BCUT2D eigenvalue weighted by Gasteiger charge is 2.13. The van der Waals surface area contributed by atoms with Crippen molar-refractivity contribution in [1.82, 2.24) is 5.32 Å². The summed E-state index contributed by atoms with van der Waals surface area (Å²) in [5.41, 5.74) is 0.746. The molecule has 0 aromatic heterocycles. The average molecular weight is 288 g/mol. The predicted molar refractivity (Wildman–Crippen MR) is 69.6 cm³/mol. The lowest BCUT2D eigenvalue weighted by molar-refractivity contribution is -0.137. The number of nitrogens with one attached hydrogen (secondary N) is 1. The standard InChI is InChI=1S/C13H15ClFNO3/c1-8(17)16-10(3-5-13(18)19)6-9-2-4-12(15)11(14)7-9/h2,4,7,10H,3,5-6H2,1H3,(H,16,17)(H,18,19). The first-order valence-electron chi connectivity index (χ1n) is 5.81. The highest BCUT2D eigenvalue weighted by atomic mass is 35.5. The van der Waals surface area contributed by atoms with E-state index < -0.39 is 11.8 Å². The van der Waals surface area contributed by atoms with Crippen LogP contribution < -0.4 is 5.32 Å². The van der Waals surface area contributed by atoms with E-state index in [-0.39, 0.29) is 23.4 Å². The zero-order chi connectivity index (χ0) is 14.4. The average Bonchev–Trinajstić information content (AvgIpc) is 2.30. The molecular weight excluding hydrogens is 273 g/mol. The number of carbonyl (C=O) groups is 2. The summed E-state index contributed by atoms with van der Waals surface area (Å²) in [5, 5.41) is 11.3. The number of carbonyl (C=O) groups excluding carboxylic acids is 1. The van der Waals surface area contributed by atoms with E-state index in [1.807, 2.05) is 0 Å². The van der Waals surface area contributed by atoms with Crippen molar-refractivity contribution in [2.75, 3.05) is 0 Å². The molecule has 0 aliphatic carbocycles. The van der Waals surface area contributed by atoms with Crippen LogP contribution in [0.4, 0.5) is 4.39 Å². The van der Waals surface area contributed by atoms with Crippen LogP contribution in [0, 0.1) is 5.82 Å². The van der Waals surface area contributed by atoms with E-state index in [1.165, 1.54) is 19.1 Å². The molecule has 1 rings (SSSR count). The first kappa shape index (κ1) is 15.4. The van der Waals surface area contributed by atoms with E-state index in [1.54, 1.807) is 6.07 Å². The summed E-state index contributed by atoms with van der Waals surface area (Å²) in [4.78, 5) is 21.6. The topological polar surface area (TPSA) is 66.4 Å². The molecular formula is C13H15ClFNO3. The summed E-state index contributed by atoms with van der Waals surface area (Å²) in [7, 11) is 0. The molecule has 1 atom stereocenters. The predicted octanol–water partition coefficient (Wildman–Crippen LogP) is 2.39. The van der Waals surface area contributed by atoms with Gasteiger partial charge in [0.15, 0.2) is 0 Å². The monoisotopic (exact) mass is 287 g/mol. The van der Waals surface area contributed by atoms with Crippen molar-refractivity contribution in [2.45, 2.75) is 32.2 Å². The third-order valence-electron chi connectivity index (χ3n) is 2.58. The Balaban J connectivity index is 2.71. The molecule has 0 fully saturated rings. The Labute approximate surface area is 115 Å². The molecule has 1 aromatic rings. The molecule has 4 nitrogen and oxygen atoms in total. The smallest absolute Gasteiger partial charge is 0.303 e. The highest BCUT2D eigenvalue weighted by molar-refractivity contribution is 6.30. The van der Waals surface area contributed by atoms with E-state index in [2.05, 4.69) is 5.32 Å². The van der Waals surface area contributed by atoms with E-state index in [9.17, 15) is 14.0 Å². The number of aliphatic carboxylic acids is 1. The minimum absolute atomic E-state index is 0.0114. The van der Waals surface area contributed by atoms with Gasteiger partial charge in [0, 0.05) is 19.4 Å². The number of carboxylic acids is 1. The minimum atomic E-state index is -0.924. The maximum Gasteiger partial charge on any atom is 0.303 e. The van der Waals surface area contributed by atoms with Gasteiger partial charge < -0.3 is 10.4 Å². The van der Waals surface area contributed by atoms with E-state index in [0.717, 1.165) is 5.56 Å². The molecule has 1 amide bonds. The fraction of sp³-hybridized carbons (Fsp3) is 0.385. The number of benzene rings is 1. The maximum absolute atomic E-state index is 13.0. The second-order valence-corrected chi connectivity index (χ2v) is 4.69. The lowest BCUT2D eigenvalue weighted by Gasteiger charge is -2.17. The molecule has 0 bridgehead atoms. The summed E-state index contributed by atoms with van der Waals surface area (Å²) in [6.07, 6.45) is 0.677. The molecule has 0 saturated carbocycles. The van der Waals surface area contributed by atoms with E-state index >= 15 is 0 Å². The number of rotatable bonds is 6. The van der Waals surface area contributed by atoms with Crippen molar-refractivity contribution in [1.29, 1.82) is 0 Å². The zero-order valence-electron chi connectivity index (χ0n) is 10.5. The van der Waals surface area contributed by atoms with Crippen LogP contribution in [0.25, 0.3) is 0 Å². The lowest BCUT2D eigenvalue weighted by Crippen LogP contribution is -2.35. The number of hydrogen-bond donors (Lipinski definition) is 2. The molecule has 0 spiro atoms. The van der Waals surface area contributed by atoms with Crippen molar-refractivity contribution in [3.05, 3.63) is 34.6 Å². The van der Waals surface area contributed by atoms with Crippen LogP contribution in [-0.2, 0) is 16.0 Å². The SMILES string of the molecule is CC(=O)NC(CCC(=O)O)Cc1ccc(F)c(Cl)c1. The molecule has 1 unspecified atom stereocenters. The Morgan fingerprint density at radius 1 is 1.47 bits per heavy atom. The Hall–Kier alpha value is -1.62. The molecule has 6 heteroatoms. The van der Waals surface area contributed by atoms with Gasteiger partial charge in [-0.2, -0.15) is 0 Å². The van der Waals surface area contributed by atoms with Gasteiger partial charge in [-0.1, -0.05) is 17.7 Å². The fourth-order valence-corrected chi connectivity index (χ4v) is 1.96. The van der Waals surface area contributed by atoms with Gasteiger partial charge in [0.1, 0.15) is 5.82 Å². The summed E-state index contributed by atoms with van der Waals surface area (Å²) >= 11 is 5.67. The Morgan fingerprint density at radius 2 is 2.16 bits per heavy atom. The Kier molecular flexibility index (Phi) is 5.76. The number of carboxylic acid groups (broad SMARTS) is 1. The highest BCUT2D eigenvalue weighted by Crippen LogP contribution is 2.18. The van der Waals surface area contributed by atoms with Gasteiger partial charge in [0.2, 0.25) is 5.91 Å². The fourth-order valence-electron chi connectivity index (χ4n) is 1.76. The summed E-state index contributed by atoms with van der Waals surface area (Å²) in [6, 6.07) is 3.98. The third kappa shape index (κ3) is 5.70. The van der Waals surface area contributed by atoms with Gasteiger partial charge in [0.05, 0.1) is 5.02 Å². The number of amides is 1. The molecule has 0 aliphatic rings. The molecule has 0 saturated heterocycles. The largest absolute Gasteiger partial charge is 0.481 e. The van der Waals surface area contributed by atoms with Gasteiger partial charge >= 0.3 is 5.97 Å². The summed E-state index contributed by atoms with van der Waals surface area (Å²) in [5.74, 6) is -1.66. The van der Waals surface area contributed by atoms with Crippen molar-refractivity contribution in [3.63, 3.8) is 0 Å². The van der Waals surface area contributed by atoms with Crippen LogP contribution >= 0.6 is 11.6 Å². The van der Waals surface area contributed by atoms with Gasteiger partial charge in [-0.25, -0.2) is 4.39 Å². The van der Waals surface area contributed by atoms with Crippen LogP contribution in [0.3, 0.4) is 0 Å². The zero-order valence-corrected chi connectivity index (χ0v) is 11.2. The molecule has 19 heavy (non-hydrogen) atoms. The maximum atomic E-state index is 13.0. The van der Waals surface area contributed by atoms with Gasteiger partial charge in [-0.05, 0) is 30.5 Å². The molecule has 1 aromatic carbocycles. The van der Waals surface area contributed by atoms with Crippen LogP contribution in [0.2, 0.25) is 5.02 Å². The molecule has 0 heterocycles. The van der Waals surface area contributed by atoms with Gasteiger partial charge in [-0.3, -0.25) is 9.59 Å². The Morgan fingerprint density at radius 3 is 2.68 bits per heavy atom. The third-order valence-corrected chi connectivity index (χ3v) is 2.87. The second kappa shape index (κ2) is 7.09. The normalized spacial score (nSPS) is 11.9. The number of halogens is 2. The first-order valence-corrected chi connectivity index (χ1v) is 6.19. The lowest BCUT2D eigenvalue weighted by atomic mass is 10.0. The van der Waals surface area contributed by atoms with Crippen molar-refractivity contribution in [2.24, 2.45) is 0 Å². The van der Waals surface area contributed by atoms with E-state index in [4.69, 9.17) is 16.7 Å². The van der Waals surface area contributed by atoms with Crippen LogP contribution in [0.5, 0.6) is 0 Å². The van der Waals surface area contributed by atoms with Gasteiger partial charge in [-0.15, -0.1) is 0 Å². The van der Waals surface area contributed by atoms with Gasteiger partial charge in [0.25, 0.3) is 0 Å². The van der Waals surface area contributed by atoms with Crippen molar-refractivity contribution < 1.29 is 19.1 Å². The van der Waals surface area contributed by atoms with Crippen LogP contribution in [0.15, 0.2) is 18.2 Å². The first-order chi connectivity index (χ1) is 8.88. The molecule has 104 valence electrons. The second-order valence-electron chi connectivity index (χ2n) is 4.28. The number of hydrogen-bond acceptors (Lipinski definition) is 2. The Bertz CT molecular complexity index is 479. The molecule has 0 radical (unpaired) electrons. The molecule has 2 N–H and O–H groups in total.